The zero-order valence-corrected chi connectivity index (χ0v) is 16.7. The predicted molar refractivity (Wildman–Crippen MR) is 116 cm³/mol. The Morgan fingerprint density at radius 1 is 0.862 bits per heavy atom. The van der Waals surface area contributed by atoms with Crippen LogP contribution in [0.4, 0.5) is 0 Å². The fourth-order valence-electron chi connectivity index (χ4n) is 4.20. The highest BCUT2D eigenvalue weighted by molar-refractivity contribution is 7.91. The van der Waals surface area contributed by atoms with Crippen LogP contribution in [0.15, 0.2) is 54.6 Å². The number of hydrogen-bond acceptors (Lipinski definition) is 5. The van der Waals surface area contributed by atoms with Gasteiger partial charge in [-0.25, -0.2) is 13.2 Å². The molecule has 5 nitrogen and oxygen atoms in total. The van der Waals surface area contributed by atoms with Crippen molar-refractivity contribution < 1.29 is 17.9 Å². The maximum atomic E-state index is 12.6. The Hall–Kier alpha value is -2.70. The molecule has 1 heterocycles. The zero-order chi connectivity index (χ0) is 20.0. The molecule has 29 heavy (non-hydrogen) atoms. The molecule has 1 fully saturated rings. The van der Waals surface area contributed by atoms with Crippen LogP contribution in [0.2, 0.25) is 0 Å². The Kier molecular flexibility index (Phi) is 4.41. The third-order valence-electron chi connectivity index (χ3n) is 5.78. The first-order valence-electron chi connectivity index (χ1n) is 9.78. The molecule has 0 saturated carbocycles. The van der Waals surface area contributed by atoms with Crippen LogP contribution in [0.1, 0.15) is 10.4 Å². The highest BCUT2D eigenvalue weighted by Crippen LogP contribution is 2.35. The summed E-state index contributed by atoms with van der Waals surface area (Å²) >= 11 is 0. The van der Waals surface area contributed by atoms with Crippen LogP contribution in [0.25, 0.3) is 32.3 Å². The second kappa shape index (κ2) is 6.97. The molecule has 0 unspecified atom stereocenters. The minimum atomic E-state index is -2.90. The van der Waals surface area contributed by atoms with Crippen LogP contribution in [-0.2, 0) is 14.6 Å². The number of benzene rings is 4. The molecule has 0 bridgehead atoms. The van der Waals surface area contributed by atoms with Gasteiger partial charge in [-0.05, 0) is 44.5 Å². The predicted octanol–water partition coefficient (Wildman–Crippen LogP) is 3.47. The van der Waals surface area contributed by atoms with E-state index in [-0.39, 0.29) is 24.1 Å². The quantitative estimate of drug-likeness (QED) is 0.383. The second-order valence-electron chi connectivity index (χ2n) is 7.64. The number of nitrogens with zero attached hydrogens (tertiary/aromatic N) is 1. The highest BCUT2D eigenvalue weighted by Gasteiger charge is 2.21. The van der Waals surface area contributed by atoms with Crippen molar-refractivity contribution in [2.45, 2.75) is 0 Å². The molecule has 0 atom stereocenters. The molecule has 1 aliphatic heterocycles. The molecular weight excluding hydrogens is 386 g/mol. The molecule has 0 aromatic heterocycles. The van der Waals surface area contributed by atoms with Crippen molar-refractivity contribution in [3.05, 3.63) is 60.2 Å². The van der Waals surface area contributed by atoms with E-state index in [1.54, 1.807) is 0 Å². The minimum Gasteiger partial charge on any atom is -0.461 e. The summed E-state index contributed by atoms with van der Waals surface area (Å²) < 4.78 is 28.5. The molecule has 0 radical (unpaired) electrons. The van der Waals surface area contributed by atoms with E-state index in [2.05, 4.69) is 42.5 Å². The van der Waals surface area contributed by atoms with E-state index >= 15 is 0 Å². The molecule has 5 rings (SSSR count). The molecule has 1 saturated heterocycles. The number of hydrogen-bond donors (Lipinski definition) is 0. The lowest BCUT2D eigenvalue weighted by Crippen LogP contribution is -2.41. The summed E-state index contributed by atoms with van der Waals surface area (Å²) in [6.45, 7) is 1.81. The van der Waals surface area contributed by atoms with Gasteiger partial charge < -0.3 is 4.74 Å². The monoisotopic (exact) mass is 407 g/mol. The number of rotatable bonds is 4. The number of carbonyl (C=O) groups excluding carboxylic acids is 1. The second-order valence-corrected chi connectivity index (χ2v) is 9.94. The van der Waals surface area contributed by atoms with Gasteiger partial charge in [0.15, 0.2) is 9.84 Å². The molecule has 0 N–H and O–H groups in total. The number of carbonyl (C=O) groups is 1. The Bertz CT molecular complexity index is 1250. The fourth-order valence-corrected chi connectivity index (χ4v) is 5.47. The van der Waals surface area contributed by atoms with Crippen LogP contribution >= 0.6 is 0 Å². The summed E-state index contributed by atoms with van der Waals surface area (Å²) in [6.07, 6.45) is 0. The lowest BCUT2D eigenvalue weighted by Gasteiger charge is -2.26. The van der Waals surface area contributed by atoms with Crippen LogP contribution < -0.4 is 0 Å². The highest BCUT2D eigenvalue weighted by atomic mass is 32.2. The normalized spacial score (nSPS) is 17.2. The average Bonchev–Trinajstić information content (AvgIpc) is 2.73. The van der Waals surface area contributed by atoms with Crippen molar-refractivity contribution in [2.75, 3.05) is 37.7 Å². The van der Waals surface area contributed by atoms with E-state index in [0.717, 1.165) is 10.8 Å². The van der Waals surface area contributed by atoms with Crippen molar-refractivity contribution in [3.63, 3.8) is 0 Å². The standard InChI is InChI=1S/C23H21NO4S/c25-23(28-11-8-24-9-12-29(26,27)13-10-24)20-14-18-6-4-16-2-1-3-17-5-7-19(15-20)22(18)21(16)17/h1-7,14-15H,8-13H2. The number of ether oxygens (including phenoxy) is 1. The van der Waals surface area contributed by atoms with E-state index in [1.165, 1.54) is 21.5 Å². The lowest BCUT2D eigenvalue weighted by atomic mass is 9.93. The van der Waals surface area contributed by atoms with Crippen molar-refractivity contribution in [3.8, 4) is 0 Å². The van der Waals surface area contributed by atoms with Gasteiger partial charge >= 0.3 is 5.97 Å². The summed E-state index contributed by atoms with van der Waals surface area (Å²) in [5, 5.41) is 6.84. The van der Waals surface area contributed by atoms with Gasteiger partial charge in [0.05, 0.1) is 17.1 Å². The maximum absolute atomic E-state index is 12.6. The molecule has 6 heteroatoms. The van der Waals surface area contributed by atoms with Gasteiger partial charge in [-0.2, -0.15) is 0 Å². The van der Waals surface area contributed by atoms with Crippen LogP contribution in [0, 0.1) is 0 Å². The van der Waals surface area contributed by atoms with Crippen molar-refractivity contribution in [1.29, 1.82) is 0 Å². The Morgan fingerprint density at radius 2 is 1.41 bits per heavy atom. The van der Waals surface area contributed by atoms with Crippen LogP contribution in [-0.4, -0.2) is 57.0 Å². The van der Waals surface area contributed by atoms with E-state index in [9.17, 15) is 13.2 Å². The van der Waals surface area contributed by atoms with E-state index in [4.69, 9.17) is 4.74 Å². The van der Waals surface area contributed by atoms with Gasteiger partial charge in [0, 0.05) is 19.6 Å². The van der Waals surface area contributed by atoms with Gasteiger partial charge in [0.25, 0.3) is 0 Å². The van der Waals surface area contributed by atoms with Gasteiger partial charge in [-0.15, -0.1) is 0 Å². The topological polar surface area (TPSA) is 63.7 Å². The van der Waals surface area contributed by atoms with Crippen molar-refractivity contribution in [1.82, 2.24) is 4.90 Å². The molecule has 0 amide bonds. The largest absolute Gasteiger partial charge is 0.461 e. The number of sulfone groups is 1. The van der Waals surface area contributed by atoms with Gasteiger partial charge in [0.1, 0.15) is 6.61 Å². The van der Waals surface area contributed by atoms with Crippen molar-refractivity contribution >= 4 is 48.1 Å². The Morgan fingerprint density at radius 3 is 2.03 bits per heavy atom. The van der Waals surface area contributed by atoms with Gasteiger partial charge in [0.2, 0.25) is 0 Å². The Balaban J connectivity index is 1.35. The summed E-state index contributed by atoms with van der Waals surface area (Å²) in [5.74, 6) is 0.00858. The van der Waals surface area contributed by atoms with E-state index < -0.39 is 9.84 Å². The smallest absolute Gasteiger partial charge is 0.338 e. The van der Waals surface area contributed by atoms with Gasteiger partial charge in [-0.1, -0.05) is 42.5 Å². The molecule has 0 aliphatic carbocycles. The number of esters is 1. The van der Waals surface area contributed by atoms with E-state index in [1.807, 2.05) is 17.0 Å². The third-order valence-corrected chi connectivity index (χ3v) is 7.39. The SMILES string of the molecule is O=C(OCCN1CCS(=O)(=O)CC1)c1cc2ccc3cccc4ccc(c1)c2c34. The summed E-state index contributed by atoms with van der Waals surface area (Å²) in [4.78, 5) is 14.6. The molecule has 148 valence electrons. The first kappa shape index (κ1) is 18.3. The fraction of sp³-hybridized carbons (Fsp3) is 0.261. The molecule has 0 spiro atoms. The molecule has 1 aliphatic rings. The zero-order valence-electron chi connectivity index (χ0n) is 15.9. The summed E-state index contributed by atoms with van der Waals surface area (Å²) in [5.41, 5.74) is 0.539. The average molecular weight is 407 g/mol. The first-order chi connectivity index (χ1) is 14.0. The molecule has 4 aromatic carbocycles. The third kappa shape index (κ3) is 3.43. The molecular formula is C23H21NO4S. The summed E-state index contributed by atoms with van der Waals surface area (Å²) in [6, 6.07) is 18.3. The van der Waals surface area contributed by atoms with Gasteiger partial charge in [-0.3, -0.25) is 4.90 Å². The van der Waals surface area contributed by atoms with Crippen LogP contribution in [0.5, 0.6) is 0 Å². The van der Waals surface area contributed by atoms with E-state index in [0.29, 0.717) is 25.2 Å². The molecule has 4 aromatic rings. The minimum absolute atomic E-state index is 0.178. The summed E-state index contributed by atoms with van der Waals surface area (Å²) in [7, 11) is -2.90. The Labute approximate surface area is 169 Å². The lowest BCUT2D eigenvalue weighted by molar-refractivity contribution is 0.0466. The first-order valence-corrected chi connectivity index (χ1v) is 11.6. The maximum Gasteiger partial charge on any atom is 0.338 e. The van der Waals surface area contributed by atoms with Crippen LogP contribution in [0.3, 0.4) is 0 Å². The van der Waals surface area contributed by atoms with Crippen molar-refractivity contribution in [2.24, 2.45) is 0 Å².